The van der Waals surface area contributed by atoms with Crippen molar-refractivity contribution in [2.45, 2.75) is 20.8 Å². The molecule has 0 atom stereocenters. The second-order valence-electron chi connectivity index (χ2n) is 7.58. The molecular weight excluding hydrogens is 470 g/mol. The lowest BCUT2D eigenvalue weighted by atomic mass is 10.2. The van der Waals surface area contributed by atoms with Gasteiger partial charge >= 0.3 is 17.9 Å². The van der Waals surface area contributed by atoms with E-state index in [0.29, 0.717) is 17.2 Å². The van der Waals surface area contributed by atoms with Crippen molar-refractivity contribution in [3.63, 3.8) is 0 Å². The molecule has 0 aliphatic rings. The van der Waals surface area contributed by atoms with E-state index in [4.69, 9.17) is 14.2 Å². The van der Waals surface area contributed by atoms with Gasteiger partial charge in [0.2, 0.25) is 0 Å². The molecule has 0 spiro atoms. The number of hydrogen-bond donors (Lipinski definition) is 0. The van der Waals surface area contributed by atoms with E-state index in [1.165, 1.54) is 18.2 Å². The molecule has 0 N–H and O–H groups in total. The van der Waals surface area contributed by atoms with Crippen LogP contribution in [0.3, 0.4) is 0 Å². The third-order valence-corrected chi connectivity index (χ3v) is 4.85. The molecule has 7 nitrogen and oxygen atoms in total. The number of carbonyl (C=O) groups is 3. The molecule has 0 aliphatic heterocycles. The van der Waals surface area contributed by atoms with Gasteiger partial charge in [-0.25, -0.2) is 14.4 Å². The van der Waals surface area contributed by atoms with Gasteiger partial charge in [0.25, 0.3) is 0 Å². The summed E-state index contributed by atoms with van der Waals surface area (Å²) in [6.45, 7) is 5.21. The molecule has 0 fully saturated rings. The van der Waals surface area contributed by atoms with Crippen LogP contribution in [0.5, 0.6) is 17.2 Å². The van der Waals surface area contributed by atoms with Crippen molar-refractivity contribution in [3.05, 3.63) is 109 Å². The fraction of sp³-hybridized carbons (Fsp3) is 0.100. The van der Waals surface area contributed by atoms with E-state index in [1.807, 2.05) is 41.3 Å². The number of esters is 3. The Kier molecular flexibility index (Phi) is 9.56. The SMILES string of the molecule is C/C=C/C(=O)Oc1ccc(N(c2ccc(OC(=O)/C=C/C)cc2)c2ccc(OC(=O)/C=C/C)cc2)cc1. The maximum atomic E-state index is 11.8. The summed E-state index contributed by atoms with van der Waals surface area (Å²) in [5, 5.41) is 0. The lowest BCUT2D eigenvalue weighted by molar-refractivity contribution is -0.129. The van der Waals surface area contributed by atoms with Crippen molar-refractivity contribution < 1.29 is 28.6 Å². The largest absolute Gasteiger partial charge is 0.423 e. The fourth-order valence-electron chi connectivity index (χ4n) is 3.30. The Bertz CT molecular complexity index is 1140. The van der Waals surface area contributed by atoms with Crippen LogP contribution < -0.4 is 19.1 Å². The first-order valence-electron chi connectivity index (χ1n) is 11.6. The summed E-state index contributed by atoms with van der Waals surface area (Å²) >= 11 is 0. The Morgan fingerprint density at radius 3 is 0.946 bits per heavy atom. The maximum absolute atomic E-state index is 11.8. The molecule has 0 saturated carbocycles. The van der Waals surface area contributed by atoms with E-state index in [-0.39, 0.29) is 0 Å². The zero-order valence-electron chi connectivity index (χ0n) is 20.8. The average molecular weight is 498 g/mol. The van der Waals surface area contributed by atoms with E-state index in [0.717, 1.165) is 17.1 Å². The Balaban J connectivity index is 1.93. The van der Waals surface area contributed by atoms with Gasteiger partial charge in [0.15, 0.2) is 0 Å². The first kappa shape index (κ1) is 26.7. The number of ether oxygens (including phenoxy) is 3. The van der Waals surface area contributed by atoms with E-state index in [9.17, 15) is 14.4 Å². The molecule has 0 amide bonds. The van der Waals surface area contributed by atoms with Crippen LogP contribution in [-0.2, 0) is 14.4 Å². The number of carbonyl (C=O) groups excluding carboxylic acids is 3. The third-order valence-electron chi connectivity index (χ3n) is 4.85. The second-order valence-corrected chi connectivity index (χ2v) is 7.58. The second kappa shape index (κ2) is 13.3. The predicted octanol–water partition coefficient (Wildman–Crippen LogP) is 6.60. The molecule has 0 aliphatic carbocycles. The standard InChI is InChI=1S/C30H27NO6/c1-4-7-28(32)35-25-16-10-22(11-17-25)31(23-12-18-26(19-13-23)36-29(33)8-5-2)24-14-20-27(21-15-24)37-30(34)9-6-3/h4-21H,1-3H3/b7-4+,8-5+,9-6+. The molecule has 37 heavy (non-hydrogen) atoms. The molecule has 0 saturated heterocycles. The Hall–Kier alpha value is -4.91. The summed E-state index contributed by atoms with van der Waals surface area (Å²) in [6, 6.07) is 21.1. The van der Waals surface area contributed by atoms with Gasteiger partial charge in [0, 0.05) is 35.3 Å². The number of allylic oxidation sites excluding steroid dienone is 3. The van der Waals surface area contributed by atoms with Crippen molar-refractivity contribution in [1.29, 1.82) is 0 Å². The van der Waals surface area contributed by atoms with E-state index in [2.05, 4.69) is 0 Å². The molecule has 3 aromatic rings. The first-order chi connectivity index (χ1) is 17.9. The number of hydrogen-bond acceptors (Lipinski definition) is 7. The minimum Gasteiger partial charge on any atom is -0.423 e. The zero-order chi connectivity index (χ0) is 26.6. The van der Waals surface area contributed by atoms with Gasteiger partial charge in [0.05, 0.1) is 0 Å². The summed E-state index contributed by atoms with van der Waals surface area (Å²) in [5.74, 6) is -0.160. The van der Waals surface area contributed by atoms with Gasteiger partial charge in [-0.15, -0.1) is 0 Å². The van der Waals surface area contributed by atoms with Crippen LogP contribution in [-0.4, -0.2) is 17.9 Å². The summed E-state index contributed by atoms with van der Waals surface area (Å²) in [5.41, 5.74) is 2.34. The quantitative estimate of drug-likeness (QED) is 0.187. The van der Waals surface area contributed by atoms with Gasteiger partial charge < -0.3 is 19.1 Å². The van der Waals surface area contributed by atoms with Crippen LogP contribution >= 0.6 is 0 Å². The highest BCUT2D eigenvalue weighted by Gasteiger charge is 2.14. The molecule has 0 bridgehead atoms. The van der Waals surface area contributed by atoms with Gasteiger partial charge in [0.1, 0.15) is 17.2 Å². The van der Waals surface area contributed by atoms with Crippen molar-refractivity contribution in [1.82, 2.24) is 0 Å². The molecule has 7 heteroatoms. The van der Waals surface area contributed by atoms with Crippen molar-refractivity contribution in [2.24, 2.45) is 0 Å². The minimum absolute atomic E-state index is 0.407. The summed E-state index contributed by atoms with van der Waals surface area (Å²) in [6.07, 6.45) is 8.85. The van der Waals surface area contributed by atoms with Crippen LogP contribution in [0.4, 0.5) is 17.1 Å². The number of nitrogens with zero attached hydrogens (tertiary/aromatic N) is 1. The van der Waals surface area contributed by atoms with Crippen molar-refractivity contribution >= 4 is 35.0 Å². The van der Waals surface area contributed by atoms with Crippen molar-refractivity contribution in [2.75, 3.05) is 4.90 Å². The molecule has 3 aromatic carbocycles. The smallest absolute Gasteiger partial charge is 0.335 e. The first-order valence-corrected chi connectivity index (χ1v) is 11.6. The topological polar surface area (TPSA) is 82.1 Å². The highest BCUT2D eigenvalue weighted by Crippen LogP contribution is 2.36. The Morgan fingerprint density at radius 2 is 0.730 bits per heavy atom. The molecule has 0 unspecified atom stereocenters. The molecule has 0 radical (unpaired) electrons. The molecular formula is C30H27NO6. The van der Waals surface area contributed by atoms with Crippen LogP contribution in [0.15, 0.2) is 109 Å². The highest BCUT2D eigenvalue weighted by molar-refractivity contribution is 5.85. The van der Waals surface area contributed by atoms with Gasteiger partial charge in [-0.05, 0) is 93.6 Å². The molecule has 0 heterocycles. The number of benzene rings is 3. The normalized spacial score (nSPS) is 11.1. The van der Waals surface area contributed by atoms with Gasteiger partial charge in [-0.1, -0.05) is 18.2 Å². The van der Waals surface area contributed by atoms with Crippen molar-refractivity contribution in [3.8, 4) is 17.2 Å². The Morgan fingerprint density at radius 1 is 0.486 bits per heavy atom. The minimum atomic E-state index is -0.460. The third kappa shape index (κ3) is 7.80. The predicted molar refractivity (Wildman–Crippen MR) is 142 cm³/mol. The lowest BCUT2D eigenvalue weighted by Gasteiger charge is -2.26. The highest BCUT2D eigenvalue weighted by atomic mass is 16.5. The zero-order valence-corrected chi connectivity index (χ0v) is 20.8. The number of anilines is 3. The van der Waals surface area contributed by atoms with Crippen LogP contribution in [0.25, 0.3) is 0 Å². The molecule has 3 rings (SSSR count). The monoisotopic (exact) mass is 497 g/mol. The van der Waals surface area contributed by atoms with Crippen LogP contribution in [0, 0.1) is 0 Å². The van der Waals surface area contributed by atoms with Crippen LogP contribution in [0.1, 0.15) is 20.8 Å². The number of rotatable bonds is 9. The lowest BCUT2D eigenvalue weighted by Crippen LogP contribution is -2.11. The average Bonchev–Trinajstić information content (AvgIpc) is 2.88. The summed E-state index contributed by atoms with van der Waals surface area (Å²) in [7, 11) is 0. The Labute approximate surface area is 215 Å². The fourth-order valence-corrected chi connectivity index (χ4v) is 3.30. The van der Waals surface area contributed by atoms with E-state index >= 15 is 0 Å². The molecule has 188 valence electrons. The molecule has 0 aromatic heterocycles. The summed E-state index contributed by atoms with van der Waals surface area (Å²) < 4.78 is 15.9. The maximum Gasteiger partial charge on any atom is 0.335 e. The summed E-state index contributed by atoms with van der Waals surface area (Å²) in [4.78, 5) is 37.3. The van der Waals surface area contributed by atoms with E-state index in [1.54, 1.807) is 75.4 Å². The van der Waals surface area contributed by atoms with Crippen LogP contribution in [0.2, 0.25) is 0 Å². The van der Waals surface area contributed by atoms with Gasteiger partial charge in [-0.2, -0.15) is 0 Å². The van der Waals surface area contributed by atoms with Gasteiger partial charge in [-0.3, -0.25) is 0 Å². The van der Waals surface area contributed by atoms with E-state index < -0.39 is 17.9 Å².